The first kappa shape index (κ1) is 8.66. The molecule has 0 heterocycles. The van der Waals surface area contributed by atoms with E-state index >= 15 is 0 Å². The molecule has 0 amide bonds. The molecule has 54 valence electrons. The van der Waals surface area contributed by atoms with Gasteiger partial charge in [-0.1, -0.05) is 0 Å². The quantitative estimate of drug-likeness (QED) is 0.323. The van der Waals surface area contributed by atoms with Crippen LogP contribution in [0.4, 0.5) is 0 Å². The van der Waals surface area contributed by atoms with Crippen molar-refractivity contribution in [2.24, 2.45) is 0 Å². The Morgan fingerprint density at radius 1 is 1.90 bits per heavy atom. The number of carbonyl (C=O) groups excluding carboxylic acids is 1. The van der Waals surface area contributed by atoms with E-state index in [1.807, 2.05) is 0 Å². The van der Waals surface area contributed by atoms with Gasteiger partial charge in [-0.2, -0.15) is 5.26 Å². The molecule has 0 aromatic heterocycles. The SMILES string of the molecule is COC(=O)C(C#N)=CCO. The van der Waals surface area contributed by atoms with Crippen LogP contribution in [0, 0.1) is 11.3 Å². The van der Waals surface area contributed by atoms with Gasteiger partial charge in [0.25, 0.3) is 0 Å². The largest absolute Gasteiger partial charge is 0.465 e. The number of aliphatic hydroxyl groups excluding tert-OH is 1. The fraction of sp³-hybridized carbons (Fsp3) is 0.333. The second-order valence-electron chi connectivity index (χ2n) is 1.40. The molecule has 4 nitrogen and oxygen atoms in total. The molecular formula is C6H7NO3. The molecule has 0 aliphatic carbocycles. The minimum Gasteiger partial charge on any atom is -0.465 e. The number of nitrogens with zero attached hydrogens (tertiary/aromatic N) is 1. The van der Waals surface area contributed by atoms with E-state index in [-0.39, 0.29) is 12.2 Å². The molecule has 0 aromatic carbocycles. The first-order chi connectivity index (χ1) is 4.76. The summed E-state index contributed by atoms with van der Waals surface area (Å²) in [4.78, 5) is 10.5. The normalized spacial score (nSPS) is 10.3. The molecule has 10 heavy (non-hydrogen) atoms. The van der Waals surface area contributed by atoms with Gasteiger partial charge in [0.2, 0.25) is 0 Å². The molecule has 1 N–H and O–H groups in total. The van der Waals surface area contributed by atoms with E-state index in [9.17, 15) is 4.79 Å². The van der Waals surface area contributed by atoms with Crippen molar-refractivity contribution in [1.82, 2.24) is 0 Å². The lowest BCUT2D eigenvalue weighted by Crippen LogP contribution is -2.03. The summed E-state index contributed by atoms with van der Waals surface area (Å²) in [5.41, 5.74) is -0.176. The summed E-state index contributed by atoms with van der Waals surface area (Å²) in [6.07, 6.45) is 1.09. The van der Waals surface area contributed by atoms with Crippen molar-refractivity contribution in [1.29, 1.82) is 5.26 Å². The van der Waals surface area contributed by atoms with Crippen LogP contribution in [-0.2, 0) is 9.53 Å². The van der Waals surface area contributed by atoms with E-state index in [2.05, 4.69) is 4.74 Å². The third-order valence-corrected chi connectivity index (χ3v) is 0.821. The van der Waals surface area contributed by atoms with E-state index in [0.717, 1.165) is 6.08 Å². The predicted molar refractivity (Wildman–Crippen MR) is 32.8 cm³/mol. The average Bonchev–Trinajstić information content (AvgIpc) is 1.99. The molecule has 0 saturated heterocycles. The average molecular weight is 141 g/mol. The second-order valence-corrected chi connectivity index (χ2v) is 1.40. The monoisotopic (exact) mass is 141 g/mol. The van der Waals surface area contributed by atoms with Crippen LogP contribution in [0.15, 0.2) is 11.6 Å². The topological polar surface area (TPSA) is 70.3 Å². The number of methoxy groups -OCH3 is 1. The zero-order valence-corrected chi connectivity index (χ0v) is 5.50. The van der Waals surface area contributed by atoms with Gasteiger partial charge in [0, 0.05) is 0 Å². The third kappa shape index (κ3) is 2.29. The van der Waals surface area contributed by atoms with Crippen molar-refractivity contribution < 1.29 is 14.6 Å². The lowest BCUT2D eigenvalue weighted by atomic mass is 10.3. The van der Waals surface area contributed by atoms with Crippen LogP contribution in [0.1, 0.15) is 0 Å². The summed E-state index contributed by atoms with van der Waals surface area (Å²) < 4.78 is 4.21. The number of hydrogen-bond acceptors (Lipinski definition) is 4. The van der Waals surface area contributed by atoms with Crippen LogP contribution >= 0.6 is 0 Å². The van der Waals surface area contributed by atoms with Crippen molar-refractivity contribution in [3.8, 4) is 6.07 Å². The molecule has 0 unspecified atom stereocenters. The third-order valence-electron chi connectivity index (χ3n) is 0.821. The van der Waals surface area contributed by atoms with Crippen LogP contribution in [0.5, 0.6) is 0 Å². The molecule has 0 rings (SSSR count). The molecule has 0 aliphatic rings. The highest BCUT2D eigenvalue weighted by molar-refractivity contribution is 5.92. The number of aliphatic hydroxyl groups is 1. The fourth-order valence-corrected chi connectivity index (χ4v) is 0.376. The Kier molecular flexibility index (Phi) is 3.92. The molecule has 0 fully saturated rings. The maximum atomic E-state index is 10.5. The van der Waals surface area contributed by atoms with Crippen LogP contribution in [0.3, 0.4) is 0 Å². The minimum atomic E-state index is -0.725. The number of nitriles is 1. The smallest absolute Gasteiger partial charge is 0.348 e. The molecule has 0 atom stereocenters. The van der Waals surface area contributed by atoms with Crippen molar-refractivity contribution in [2.45, 2.75) is 0 Å². The van der Waals surface area contributed by atoms with E-state index in [1.54, 1.807) is 6.07 Å². The Morgan fingerprint density at radius 3 is 2.80 bits per heavy atom. The second kappa shape index (κ2) is 4.53. The van der Waals surface area contributed by atoms with E-state index in [4.69, 9.17) is 10.4 Å². The number of ether oxygens (including phenoxy) is 1. The predicted octanol–water partition coefficient (Wildman–Crippen LogP) is -0.398. The van der Waals surface area contributed by atoms with Gasteiger partial charge in [-0.05, 0) is 6.08 Å². The van der Waals surface area contributed by atoms with Gasteiger partial charge in [-0.25, -0.2) is 4.79 Å². The molecule has 0 aromatic rings. The lowest BCUT2D eigenvalue weighted by Gasteiger charge is -1.92. The summed E-state index contributed by atoms with van der Waals surface area (Å²) >= 11 is 0. The molecule has 0 radical (unpaired) electrons. The zero-order valence-electron chi connectivity index (χ0n) is 5.50. The van der Waals surface area contributed by atoms with E-state index in [0.29, 0.717) is 0 Å². The highest BCUT2D eigenvalue weighted by Crippen LogP contribution is 1.93. The van der Waals surface area contributed by atoms with Crippen molar-refractivity contribution >= 4 is 5.97 Å². The summed E-state index contributed by atoms with van der Waals surface area (Å²) in [6, 6.07) is 1.58. The van der Waals surface area contributed by atoms with Crippen molar-refractivity contribution in [3.63, 3.8) is 0 Å². The van der Waals surface area contributed by atoms with Gasteiger partial charge in [0.05, 0.1) is 13.7 Å². The Hall–Kier alpha value is -1.34. The van der Waals surface area contributed by atoms with Gasteiger partial charge >= 0.3 is 5.97 Å². The van der Waals surface area contributed by atoms with Gasteiger partial charge < -0.3 is 9.84 Å². The first-order valence-electron chi connectivity index (χ1n) is 2.55. The number of esters is 1. The fourth-order valence-electron chi connectivity index (χ4n) is 0.376. The van der Waals surface area contributed by atoms with Crippen LogP contribution in [-0.4, -0.2) is 24.8 Å². The molecule has 0 aliphatic heterocycles. The van der Waals surface area contributed by atoms with Crippen molar-refractivity contribution in [2.75, 3.05) is 13.7 Å². The van der Waals surface area contributed by atoms with Crippen LogP contribution in [0.2, 0.25) is 0 Å². The van der Waals surface area contributed by atoms with E-state index < -0.39 is 5.97 Å². The Balaban J connectivity index is 4.25. The summed E-state index contributed by atoms with van der Waals surface area (Å²) in [5, 5.41) is 16.5. The number of hydrogen-bond donors (Lipinski definition) is 1. The van der Waals surface area contributed by atoms with Crippen LogP contribution in [0.25, 0.3) is 0 Å². The Morgan fingerprint density at radius 2 is 2.50 bits per heavy atom. The van der Waals surface area contributed by atoms with Gasteiger partial charge in [0.15, 0.2) is 0 Å². The summed E-state index contributed by atoms with van der Waals surface area (Å²) in [5.74, 6) is -0.725. The highest BCUT2D eigenvalue weighted by Gasteiger charge is 2.05. The molecular weight excluding hydrogens is 134 g/mol. The minimum absolute atomic E-state index is 0.176. The van der Waals surface area contributed by atoms with Gasteiger partial charge in [0.1, 0.15) is 11.6 Å². The van der Waals surface area contributed by atoms with Crippen molar-refractivity contribution in [3.05, 3.63) is 11.6 Å². The van der Waals surface area contributed by atoms with Crippen LogP contribution < -0.4 is 0 Å². The number of carbonyl (C=O) groups is 1. The molecule has 0 saturated carbocycles. The first-order valence-corrected chi connectivity index (χ1v) is 2.55. The highest BCUT2D eigenvalue weighted by atomic mass is 16.5. The van der Waals surface area contributed by atoms with Gasteiger partial charge in [-0.3, -0.25) is 0 Å². The lowest BCUT2D eigenvalue weighted by molar-refractivity contribution is -0.135. The van der Waals surface area contributed by atoms with E-state index in [1.165, 1.54) is 7.11 Å². The molecule has 0 bridgehead atoms. The van der Waals surface area contributed by atoms with Gasteiger partial charge in [-0.15, -0.1) is 0 Å². The number of rotatable bonds is 2. The maximum Gasteiger partial charge on any atom is 0.348 e. The zero-order chi connectivity index (χ0) is 7.98. The standard InChI is InChI=1S/C6H7NO3/c1-10-6(9)5(4-7)2-3-8/h2,8H,3H2,1H3. The molecule has 0 spiro atoms. The summed E-state index contributed by atoms with van der Waals surface area (Å²) in [7, 11) is 1.17. The summed E-state index contributed by atoms with van der Waals surface area (Å²) in [6.45, 7) is -0.335. The Bertz CT molecular complexity index is 190. The Labute approximate surface area is 58.3 Å². The maximum absolute atomic E-state index is 10.5. The molecule has 4 heteroatoms.